The Morgan fingerprint density at radius 1 is 1.45 bits per heavy atom. The Bertz CT molecular complexity index is 461. The maximum absolute atomic E-state index is 5.54. The summed E-state index contributed by atoms with van der Waals surface area (Å²) in [6, 6.07) is 1.12. The van der Waals surface area contributed by atoms with Crippen LogP contribution in [-0.2, 0) is 11.3 Å². The van der Waals surface area contributed by atoms with E-state index in [2.05, 4.69) is 29.0 Å². The molecular formula is C15H24N4O. The predicted octanol–water partition coefficient (Wildman–Crippen LogP) is 1.65. The van der Waals surface area contributed by atoms with Gasteiger partial charge in [-0.05, 0) is 26.2 Å². The minimum atomic E-state index is 0.401. The molecule has 5 heteroatoms. The second-order valence-corrected chi connectivity index (χ2v) is 5.77. The van der Waals surface area contributed by atoms with Gasteiger partial charge in [-0.25, -0.2) is 9.97 Å². The first-order valence-corrected chi connectivity index (χ1v) is 7.68. The molecule has 3 rings (SSSR count). The molecule has 0 aromatic carbocycles. The number of morpholine rings is 1. The van der Waals surface area contributed by atoms with Crippen molar-refractivity contribution in [1.82, 2.24) is 15.3 Å². The molecule has 110 valence electrons. The van der Waals surface area contributed by atoms with E-state index >= 15 is 0 Å². The summed E-state index contributed by atoms with van der Waals surface area (Å²) in [4.78, 5) is 11.6. The van der Waals surface area contributed by atoms with Gasteiger partial charge in [-0.2, -0.15) is 0 Å². The van der Waals surface area contributed by atoms with Gasteiger partial charge in [-0.3, -0.25) is 0 Å². The van der Waals surface area contributed by atoms with Crippen LogP contribution in [0.1, 0.15) is 37.4 Å². The Labute approximate surface area is 120 Å². The number of aromatic nitrogens is 2. The average Bonchev–Trinajstić information content (AvgIpc) is 3.30. The highest BCUT2D eigenvalue weighted by atomic mass is 16.5. The molecule has 1 N–H and O–H groups in total. The van der Waals surface area contributed by atoms with Crippen molar-refractivity contribution >= 4 is 5.95 Å². The van der Waals surface area contributed by atoms with Gasteiger partial charge in [-0.15, -0.1) is 0 Å². The smallest absolute Gasteiger partial charge is 0.225 e. The molecule has 1 aliphatic carbocycles. The van der Waals surface area contributed by atoms with Crippen LogP contribution in [-0.4, -0.2) is 41.8 Å². The van der Waals surface area contributed by atoms with Crippen LogP contribution in [0, 0.1) is 6.92 Å². The van der Waals surface area contributed by atoms with Crippen LogP contribution in [0.2, 0.25) is 0 Å². The molecule has 0 radical (unpaired) electrons. The van der Waals surface area contributed by atoms with Gasteiger partial charge in [0.1, 0.15) is 0 Å². The van der Waals surface area contributed by atoms with E-state index in [0.717, 1.165) is 50.4 Å². The molecule has 1 saturated heterocycles. The zero-order chi connectivity index (χ0) is 13.9. The standard InChI is InChI=1S/C15H24N4O/c1-3-14-10-20-7-6-19(14)15-17-9-12(11(2)18-15)8-16-13-4-5-13/h9,13-14,16H,3-8,10H2,1-2H3. The Morgan fingerprint density at radius 2 is 2.30 bits per heavy atom. The first-order valence-electron chi connectivity index (χ1n) is 7.68. The van der Waals surface area contributed by atoms with Gasteiger partial charge in [0.25, 0.3) is 0 Å². The summed E-state index contributed by atoms with van der Waals surface area (Å²) in [5.74, 6) is 0.854. The van der Waals surface area contributed by atoms with Gasteiger partial charge in [0.2, 0.25) is 5.95 Å². The molecular weight excluding hydrogens is 252 g/mol. The summed E-state index contributed by atoms with van der Waals surface area (Å²) in [5.41, 5.74) is 2.30. The Kier molecular flexibility index (Phi) is 4.17. The fraction of sp³-hybridized carbons (Fsp3) is 0.733. The monoisotopic (exact) mass is 276 g/mol. The third-order valence-electron chi connectivity index (χ3n) is 4.18. The number of aryl methyl sites for hydroxylation is 1. The summed E-state index contributed by atoms with van der Waals surface area (Å²) in [6.45, 7) is 7.59. The molecule has 1 atom stereocenters. The lowest BCUT2D eigenvalue weighted by atomic mass is 10.2. The van der Waals surface area contributed by atoms with Gasteiger partial charge < -0.3 is 15.0 Å². The largest absolute Gasteiger partial charge is 0.377 e. The van der Waals surface area contributed by atoms with Gasteiger partial charge in [0.15, 0.2) is 0 Å². The Morgan fingerprint density at radius 3 is 3.00 bits per heavy atom. The van der Waals surface area contributed by atoms with Crippen molar-refractivity contribution in [3.05, 3.63) is 17.5 Å². The lowest BCUT2D eigenvalue weighted by Gasteiger charge is -2.35. The summed E-state index contributed by atoms with van der Waals surface area (Å²) < 4.78 is 5.54. The maximum Gasteiger partial charge on any atom is 0.225 e. The first kappa shape index (κ1) is 13.8. The van der Waals surface area contributed by atoms with E-state index in [9.17, 15) is 0 Å². The Hall–Kier alpha value is -1.20. The van der Waals surface area contributed by atoms with E-state index in [-0.39, 0.29) is 0 Å². The van der Waals surface area contributed by atoms with E-state index in [1.807, 2.05) is 6.20 Å². The first-order chi connectivity index (χ1) is 9.78. The van der Waals surface area contributed by atoms with E-state index in [1.165, 1.54) is 18.4 Å². The van der Waals surface area contributed by atoms with Crippen LogP contribution in [0.25, 0.3) is 0 Å². The Balaban J connectivity index is 1.70. The molecule has 2 aliphatic rings. The molecule has 2 heterocycles. The van der Waals surface area contributed by atoms with Gasteiger partial charge in [-0.1, -0.05) is 6.92 Å². The third kappa shape index (κ3) is 3.10. The molecule has 0 amide bonds. The fourth-order valence-corrected chi connectivity index (χ4v) is 2.59. The molecule has 0 bridgehead atoms. The number of hydrogen-bond donors (Lipinski definition) is 1. The second kappa shape index (κ2) is 6.06. The molecule has 2 fully saturated rings. The molecule has 1 saturated carbocycles. The van der Waals surface area contributed by atoms with Crippen molar-refractivity contribution in [2.75, 3.05) is 24.7 Å². The van der Waals surface area contributed by atoms with Crippen molar-refractivity contribution in [3.63, 3.8) is 0 Å². The minimum absolute atomic E-state index is 0.401. The molecule has 1 aromatic heterocycles. The van der Waals surface area contributed by atoms with Crippen molar-refractivity contribution in [3.8, 4) is 0 Å². The van der Waals surface area contributed by atoms with Gasteiger partial charge >= 0.3 is 0 Å². The van der Waals surface area contributed by atoms with Gasteiger partial charge in [0.05, 0.1) is 19.3 Å². The van der Waals surface area contributed by atoms with E-state index < -0.39 is 0 Å². The van der Waals surface area contributed by atoms with Crippen LogP contribution in [0.4, 0.5) is 5.95 Å². The normalized spacial score (nSPS) is 23.1. The number of ether oxygens (including phenoxy) is 1. The van der Waals surface area contributed by atoms with Crippen molar-refractivity contribution in [2.24, 2.45) is 0 Å². The number of rotatable bonds is 5. The third-order valence-corrected chi connectivity index (χ3v) is 4.18. The molecule has 1 aliphatic heterocycles. The summed E-state index contributed by atoms with van der Waals surface area (Å²) in [5, 5.41) is 3.52. The van der Waals surface area contributed by atoms with Crippen LogP contribution < -0.4 is 10.2 Å². The molecule has 5 nitrogen and oxygen atoms in total. The number of hydrogen-bond acceptors (Lipinski definition) is 5. The quantitative estimate of drug-likeness (QED) is 0.886. The van der Waals surface area contributed by atoms with Crippen LogP contribution >= 0.6 is 0 Å². The molecule has 1 aromatic rings. The highest BCUT2D eigenvalue weighted by Crippen LogP contribution is 2.21. The molecule has 1 unspecified atom stereocenters. The van der Waals surface area contributed by atoms with Gasteiger partial charge in [0, 0.05) is 36.6 Å². The lowest BCUT2D eigenvalue weighted by Crippen LogP contribution is -2.46. The highest BCUT2D eigenvalue weighted by Gasteiger charge is 2.24. The van der Waals surface area contributed by atoms with E-state index in [0.29, 0.717) is 6.04 Å². The van der Waals surface area contributed by atoms with Crippen LogP contribution in [0.15, 0.2) is 6.20 Å². The van der Waals surface area contributed by atoms with E-state index in [4.69, 9.17) is 9.72 Å². The zero-order valence-corrected chi connectivity index (χ0v) is 12.4. The zero-order valence-electron chi connectivity index (χ0n) is 12.4. The topological polar surface area (TPSA) is 50.3 Å². The maximum atomic E-state index is 5.54. The predicted molar refractivity (Wildman–Crippen MR) is 78.9 cm³/mol. The molecule has 20 heavy (non-hydrogen) atoms. The SMILES string of the molecule is CCC1COCCN1c1ncc(CNC2CC2)c(C)n1. The second-order valence-electron chi connectivity index (χ2n) is 5.77. The van der Waals surface area contributed by atoms with Crippen LogP contribution in [0.3, 0.4) is 0 Å². The fourth-order valence-electron chi connectivity index (χ4n) is 2.59. The summed E-state index contributed by atoms with van der Waals surface area (Å²) in [6.07, 6.45) is 5.66. The van der Waals surface area contributed by atoms with Crippen molar-refractivity contribution in [1.29, 1.82) is 0 Å². The lowest BCUT2D eigenvalue weighted by molar-refractivity contribution is 0.0921. The number of nitrogens with one attached hydrogen (secondary N) is 1. The van der Waals surface area contributed by atoms with E-state index in [1.54, 1.807) is 0 Å². The number of nitrogens with zero attached hydrogens (tertiary/aromatic N) is 3. The van der Waals surface area contributed by atoms with Crippen molar-refractivity contribution in [2.45, 2.75) is 51.7 Å². The minimum Gasteiger partial charge on any atom is -0.377 e. The summed E-state index contributed by atoms with van der Waals surface area (Å²) in [7, 11) is 0. The van der Waals surface area contributed by atoms with Crippen molar-refractivity contribution < 1.29 is 4.74 Å². The summed E-state index contributed by atoms with van der Waals surface area (Å²) >= 11 is 0. The van der Waals surface area contributed by atoms with Crippen LogP contribution in [0.5, 0.6) is 0 Å². The highest BCUT2D eigenvalue weighted by molar-refractivity contribution is 5.35. The molecule has 0 spiro atoms. The number of anilines is 1. The average molecular weight is 276 g/mol.